The second kappa shape index (κ2) is 5.87. The zero-order valence-electron chi connectivity index (χ0n) is 13.7. The number of likely N-dealkylation sites (tertiary alicyclic amines) is 1. The fourth-order valence-electron chi connectivity index (χ4n) is 3.72. The van der Waals surface area contributed by atoms with Crippen molar-refractivity contribution < 1.29 is 9.53 Å². The van der Waals surface area contributed by atoms with E-state index in [4.69, 9.17) is 4.74 Å². The van der Waals surface area contributed by atoms with Gasteiger partial charge in [-0.1, -0.05) is 6.07 Å². The van der Waals surface area contributed by atoms with E-state index in [1.165, 1.54) is 5.69 Å². The lowest BCUT2D eigenvalue weighted by Gasteiger charge is -2.61. The van der Waals surface area contributed by atoms with Gasteiger partial charge in [-0.05, 0) is 17.7 Å². The molecule has 124 valence electrons. The summed E-state index contributed by atoms with van der Waals surface area (Å²) in [6.45, 7) is 5.29. The Morgan fingerprint density at radius 1 is 1.21 bits per heavy atom. The van der Waals surface area contributed by atoms with Gasteiger partial charge in [-0.2, -0.15) is 0 Å². The van der Waals surface area contributed by atoms with Crippen molar-refractivity contribution in [1.82, 2.24) is 14.9 Å². The van der Waals surface area contributed by atoms with Gasteiger partial charge in [0.2, 0.25) is 5.88 Å². The highest BCUT2D eigenvalue weighted by Crippen LogP contribution is 2.42. The Labute approximate surface area is 141 Å². The van der Waals surface area contributed by atoms with Crippen LogP contribution in [0.15, 0.2) is 36.7 Å². The lowest BCUT2D eigenvalue weighted by atomic mass is 9.72. The van der Waals surface area contributed by atoms with Crippen molar-refractivity contribution >= 4 is 12.0 Å². The molecule has 2 fully saturated rings. The van der Waals surface area contributed by atoms with Crippen molar-refractivity contribution in [3.63, 3.8) is 0 Å². The Morgan fingerprint density at radius 3 is 2.71 bits per heavy atom. The van der Waals surface area contributed by atoms with Crippen molar-refractivity contribution in [2.24, 2.45) is 5.41 Å². The maximum Gasteiger partial charge on any atom is 0.214 e. The van der Waals surface area contributed by atoms with Gasteiger partial charge in [0.05, 0.1) is 7.11 Å². The quantitative estimate of drug-likeness (QED) is 0.779. The number of anilines is 1. The van der Waals surface area contributed by atoms with Crippen molar-refractivity contribution in [1.29, 1.82) is 0 Å². The molecular formula is C18H20N4O2. The number of nitrogens with zero attached hydrogens (tertiary/aromatic N) is 4. The minimum absolute atomic E-state index is 0.423. The molecular weight excluding hydrogens is 304 g/mol. The van der Waals surface area contributed by atoms with Crippen LogP contribution in [0.3, 0.4) is 0 Å². The van der Waals surface area contributed by atoms with E-state index in [1.807, 2.05) is 18.2 Å². The first kappa shape index (κ1) is 15.1. The summed E-state index contributed by atoms with van der Waals surface area (Å²) < 4.78 is 5.19. The molecule has 0 aliphatic carbocycles. The van der Waals surface area contributed by atoms with Gasteiger partial charge in [-0.15, -0.1) is 0 Å². The van der Waals surface area contributed by atoms with Crippen LogP contribution >= 0.6 is 0 Å². The predicted octanol–water partition coefficient (Wildman–Crippen LogP) is 1.62. The second-order valence-electron chi connectivity index (χ2n) is 6.77. The van der Waals surface area contributed by atoms with Crippen LogP contribution in [-0.2, 0) is 6.54 Å². The zero-order valence-corrected chi connectivity index (χ0v) is 13.7. The molecule has 0 bridgehead atoms. The van der Waals surface area contributed by atoms with Crippen LogP contribution < -0.4 is 9.64 Å². The van der Waals surface area contributed by atoms with Gasteiger partial charge < -0.3 is 9.64 Å². The van der Waals surface area contributed by atoms with E-state index in [2.05, 4.69) is 19.8 Å². The molecule has 2 saturated heterocycles. The number of hydrogen-bond donors (Lipinski definition) is 0. The third-order valence-corrected chi connectivity index (χ3v) is 4.84. The predicted molar refractivity (Wildman–Crippen MR) is 90.3 cm³/mol. The van der Waals surface area contributed by atoms with E-state index >= 15 is 0 Å². The number of rotatable bonds is 5. The number of methoxy groups -OCH3 is 1. The van der Waals surface area contributed by atoms with E-state index in [0.717, 1.165) is 44.6 Å². The Balaban J connectivity index is 1.29. The zero-order chi connectivity index (χ0) is 16.6. The van der Waals surface area contributed by atoms with E-state index in [0.29, 0.717) is 17.0 Å². The van der Waals surface area contributed by atoms with Crippen LogP contribution in [0.4, 0.5) is 5.69 Å². The lowest BCUT2D eigenvalue weighted by molar-refractivity contribution is -0.0274. The summed E-state index contributed by atoms with van der Waals surface area (Å²) in [5, 5.41) is 0. The third-order valence-electron chi connectivity index (χ3n) is 4.84. The number of aldehydes is 1. The van der Waals surface area contributed by atoms with E-state index < -0.39 is 0 Å². The van der Waals surface area contributed by atoms with Crippen LogP contribution in [0.25, 0.3) is 0 Å². The fraction of sp³-hybridized carbons (Fsp3) is 0.389. The lowest BCUT2D eigenvalue weighted by Crippen LogP contribution is -2.71. The number of aromatic nitrogens is 2. The second-order valence-corrected chi connectivity index (χ2v) is 6.77. The molecule has 0 aromatic carbocycles. The van der Waals surface area contributed by atoms with Crippen molar-refractivity contribution in [3.8, 4) is 5.88 Å². The van der Waals surface area contributed by atoms with Gasteiger partial charge in [0, 0.05) is 62.3 Å². The molecule has 4 rings (SSSR count). The molecule has 2 aromatic rings. The number of ether oxygens (including phenoxy) is 1. The van der Waals surface area contributed by atoms with Crippen molar-refractivity contribution in [3.05, 3.63) is 47.9 Å². The Bertz CT molecular complexity index is 733. The molecule has 2 aliphatic rings. The molecule has 2 aliphatic heterocycles. The standard InChI is InChI=1S/C18H20N4O2/c1-24-17-6-16(4-5-19-17)22-12-18(13-22)10-21(11-18)8-14-2-3-15(9-23)20-7-14/h2-7,9H,8,10-13H2,1H3. The van der Waals surface area contributed by atoms with Gasteiger partial charge in [0.15, 0.2) is 6.29 Å². The Hall–Kier alpha value is -2.47. The summed E-state index contributed by atoms with van der Waals surface area (Å²) in [6.07, 6.45) is 4.37. The normalized spacial score (nSPS) is 18.8. The smallest absolute Gasteiger partial charge is 0.214 e. The summed E-state index contributed by atoms with van der Waals surface area (Å²) in [6, 6.07) is 7.79. The molecule has 6 heteroatoms. The van der Waals surface area contributed by atoms with Crippen molar-refractivity contribution in [2.45, 2.75) is 6.54 Å². The number of hydrogen-bond acceptors (Lipinski definition) is 6. The summed E-state index contributed by atoms with van der Waals surface area (Å²) in [5.74, 6) is 0.662. The van der Waals surface area contributed by atoms with Crippen LogP contribution in [0, 0.1) is 5.41 Å². The van der Waals surface area contributed by atoms with Crippen LogP contribution in [-0.4, -0.2) is 54.4 Å². The number of carbonyl (C=O) groups is 1. The highest BCUT2D eigenvalue weighted by Gasteiger charge is 2.51. The third kappa shape index (κ3) is 2.73. The molecule has 2 aromatic heterocycles. The summed E-state index contributed by atoms with van der Waals surface area (Å²) in [7, 11) is 1.64. The highest BCUT2D eigenvalue weighted by atomic mass is 16.5. The molecule has 4 heterocycles. The molecule has 0 saturated carbocycles. The first-order valence-electron chi connectivity index (χ1n) is 8.07. The van der Waals surface area contributed by atoms with Gasteiger partial charge in [-0.25, -0.2) is 4.98 Å². The summed E-state index contributed by atoms with van der Waals surface area (Å²) >= 11 is 0. The molecule has 0 unspecified atom stereocenters. The average molecular weight is 324 g/mol. The Morgan fingerprint density at radius 2 is 2.04 bits per heavy atom. The molecule has 0 N–H and O–H groups in total. The van der Waals surface area contributed by atoms with E-state index in [-0.39, 0.29) is 0 Å². The first-order valence-corrected chi connectivity index (χ1v) is 8.07. The van der Waals surface area contributed by atoms with Crippen LogP contribution in [0.5, 0.6) is 5.88 Å². The van der Waals surface area contributed by atoms with Crippen LogP contribution in [0.1, 0.15) is 16.1 Å². The van der Waals surface area contributed by atoms with Crippen molar-refractivity contribution in [2.75, 3.05) is 38.2 Å². The molecule has 1 spiro atoms. The maximum absolute atomic E-state index is 10.6. The SMILES string of the molecule is COc1cc(N2CC3(CN(Cc4ccc(C=O)nc4)C3)C2)ccn1. The molecule has 0 amide bonds. The maximum atomic E-state index is 10.6. The van der Waals surface area contributed by atoms with E-state index in [9.17, 15) is 4.79 Å². The van der Waals surface area contributed by atoms with Gasteiger partial charge in [0.25, 0.3) is 0 Å². The number of carbonyl (C=O) groups excluding carboxylic acids is 1. The topological polar surface area (TPSA) is 58.6 Å². The van der Waals surface area contributed by atoms with Gasteiger partial charge in [0.1, 0.15) is 5.69 Å². The van der Waals surface area contributed by atoms with Gasteiger partial charge >= 0.3 is 0 Å². The largest absolute Gasteiger partial charge is 0.481 e. The summed E-state index contributed by atoms with van der Waals surface area (Å²) in [5.41, 5.74) is 3.25. The molecule has 0 atom stereocenters. The van der Waals surface area contributed by atoms with E-state index in [1.54, 1.807) is 25.6 Å². The number of pyridine rings is 2. The molecule has 6 nitrogen and oxygen atoms in total. The average Bonchev–Trinajstić information content (AvgIpc) is 2.56. The minimum Gasteiger partial charge on any atom is -0.481 e. The minimum atomic E-state index is 0.423. The molecule has 0 radical (unpaired) electrons. The van der Waals surface area contributed by atoms with Gasteiger partial charge in [-0.3, -0.25) is 14.7 Å². The molecule has 24 heavy (non-hydrogen) atoms. The summed E-state index contributed by atoms with van der Waals surface area (Å²) in [4.78, 5) is 23.7. The monoisotopic (exact) mass is 324 g/mol. The Kier molecular flexibility index (Phi) is 3.69. The first-order chi connectivity index (χ1) is 11.7. The fourth-order valence-corrected chi connectivity index (χ4v) is 3.72. The highest BCUT2D eigenvalue weighted by molar-refractivity contribution is 5.71. The van der Waals surface area contributed by atoms with Crippen LogP contribution in [0.2, 0.25) is 0 Å².